The summed E-state index contributed by atoms with van der Waals surface area (Å²) in [6.45, 7) is 3.22. The van der Waals surface area contributed by atoms with Crippen LogP contribution < -0.4 is 5.32 Å². The highest BCUT2D eigenvalue weighted by Gasteiger charge is 2.46. The van der Waals surface area contributed by atoms with E-state index in [1.54, 1.807) is 35.0 Å². The molecular formula is C21H22F2N6O2. The minimum Gasteiger partial charge on any atom is -0.445 e. The molecule has 0 bridgehead atoms. The first kappa shape index (κ1) is 20.7. The second-order valence-electron chi connectivity index (χ2n) is 7.39. The zero-order valence-electron chi connectivity index (χ0n) is 16.7. The average molecular weight is 428 g/mol. The van der Waals surface area contributed by atoms with Crippen LogP contribution in [0.3, 0.4) is 0 Å². The Bertz CT molecular complexity index is 1070. The number of likely N-dealkylation sites (tertiary alicyclic amines) is 1. The third-order valence-electron chi connectivity index (χ3n) is 5.31. The molecule has 3 aromatic rings. The number of carbonyl (C=O) groups excluding carboxylic acids is 1. The number of benzene rings is 1. The maximum atomic E-state index is 14.7. The van der Waals surface area contributed by atoms with Crippen molar-refractivity contribution in [3.63, 3.8) is 0 Å². The van der Waals surface area contributed by atoms with Gasteiger partial charge in [0.2, 0.25) is 5.65 Å². The van der Waals surface area contributed by atoms with Gasteiger partial charge in [-0.15, -0.1) is 10.2 Å². The first-order chi connectivity index (χ1) is 15.0. The van der Waals surface area contributed by atoms with Gasteiger partial charge < -0.3 is 15.0 Å². The molecule has 3 heterocycles. The van der Waals surface area contributed by atoms with Crippen LogP contribution in [-0.4, -0.2) is 56.1 Å². The van der Waals surface area contributed by atoms with E-state index in [4.69, 9.17) is 4.74 Å². The van der Waals surface area contributed by atoms with Gasteiger partial charge in [0.25, 0.3) is 5.92 Å². The van der Waals surface area contributed by atoms with Crippen LogP contribution in [0, 0.1) is 5.92 Å². The molecule has 162 valence electrons. The number of nitrogens with one attached hydrogen (secondary N) is 1. The lowest BCUT2D eigenvalue weighted by Gasteiger charge is -2.37. The smallest absolute Gasteiger partial charge is 0.410 e. The molecule has 1 amide bonds. The third kappa shape index (κ3) is 4.62. The summed E-state index contributed by atoms with van der Waals surface area (Å²) >= 11 is 0. The number of nitrogens with zero attached hydrogens (tertiary/aromatic N) is 5. The number of halogens is 2. The van der Waals surface area contributed by atoms with Crippen LogP contribution >= 0.6 is 0 Å². The lowest BCUT2D eigenvalue weighted by Crippen LogP contribution is -2.52. The number of anilines is 1. The van der Waals surface area contributed by atoms with E-state index in [-0.39, 0.29) is 26.1 Å². The van der Waals surface area contributed by atoms with Crippen molar-refractivity contribution in [3.05, 3.63) is 60.7 Å². The lowest BCUT2D eigenvalue weighted by molar-refractivity contribution is -0.101. The summed E-state index contributed by atoms with van der Waals surface area (Å²) in [5.41, 5.74) is 2.19. The van der Waals surface area contributed by atoms with Crippen molar-refractivity contribution in [2.45, 2.75) is 19.0 Å². The van der Waals surface area contributed by atoms with E-state index in [0.717, 1.165) is 16.0 Å². The van der Waals surface area contributed by atoms with Crippen molar-refractivity contribution in [2.75, 3.05) is 25.0 Å². The summed E-state index contributed by atoms with van der Waals surface area (Å²) in [6.07, 6.45) is 5.83. The van der Waals surface area contributed by atoms with E-state index < -0.39 is 24.5 Å². The molecule has 0 unspecified atom stereocenters. The Hall–Kier alpha value is -3.56. The monoisotopic (exact) mass is 428 g/mol. The molecule has 1 N–H and O–H groups in total. The fourth-order valence-electron chi connectivity index (χ4n) is 3.48. The molecule has 1 atom stereocenters. The predicted octanol–water partition coefficient (Wildman–Crippen LogP) is 3.47. The van der Waals surface area contributed by atoms with Gasteiger partial charge in [-0.05, 0) is 17.5 Å². The highest BCUT2D eigenvalue weighted by atomic mass is 19.3. The number of hydrogen-bond donors (Lipinski definition) is 1. The highest BCUT2D eigenvalue weighted by Crippen LogP contribution is 2.33. The highest BCUT2D eigenvalue weighted by molar-refractivity contribution is 5.68. The van der Waals surface area contributed by atoms with Gasteiger partial charge >= 0.3 is 6.09 Å². The normalized spacial score (nSPS) is 18.0. The van der Waals surface area contributed by atoms with E-state index in [2.05, 4.69) is 27.1 Å². The number of aromatic nitrogens is 4. The number of hydrogen-bond acceptors (Lipinski definition) is 6. The quantitative estimate of drug-likeness (QED) is 0.647. The Labute approximate surface area is 177 Å². The van der Waals surface area contributed by atoms with Crippen LogP contribution in [0.15, 0.2) is 49.6 Å². The van der Waals surface area contributed by atoms with E-state index in [0.29, 0.717) is 11.5 Å². The molecule has 0 spiro atoms. The van der Waals surface area contributed by atoms with E-state index >= 15 is 0 Å². The molecule has 1 aliphatic rings. The van der Waals surface area contributed by atoms with Gasteiger partial charge in [0.1, 0.15) is 12.9 Å². The fourth-order valence-corrected chi connectivity index (χ4v) is 3.48. The summed E-state index contributed by atoms with van der Waals surface area (Å²) in [5, 5.41) is 10.7. The number of amides is 1. The molecule has 1 fully saturated rings. The van der Waals surface area contributed by atoms with E-state index in [1.807, 2.05) is 12.1 Å². The standard InChI is InChI=1S/C21H22F2N6O2/c1-2-15-3-5-16(6-4-15)12-31-20(30)28-9-7-17(21(22,23)13-28)11-25-18-19-27-26-14-29(19)10-8-24-18/h2-6,8,10,14,17H,1,7,9,11-13H2,(H,24,25)/t17-/m1/s1. The molecule has 8 nitrogen and oxygen atoms in total. The number of ether oxygens (including phenoxy) is 1. The molecule has 10 heteroatoms. The van der Waals surface area contributed by atoms with Crippen LogP contribution in [0.4, 0.5) is 19.4 Å². The lowest BCUT2D eigenvalue weighted by atomic mass is 9.93. The van der Waals surface area contributed by atoms with Crippen molar-refractivity contribution in [3.8, 4) is 0 Å². The van der Waals surface area contributed by atoms with E-state index in [9.17, 15) is 13.6 Å². The number of alkyl halides is 2. The van der Waals surface area contributed by atoms with Gasteiger partial charge in [0, 0.05) is 31.4 Å². The second-order valence-corrected chi connectivity index (χ2v) is 7.39. The van der Waals surface area contributed by atoms with Crippen molar-refractivity contribution in [2.24, 2.45) is 5.92 Å². The molecule has 0 radical (unpaired) electrons. The van der Waals surface area contributed by atoms with Crippen molar-refractivity contribution in [1.82, 2.24) is 24.5 Å². The summed E-state index contributed by atoms with van der Waals surface area (Å²) in [5.74, 6) is -3.62. The topological polar surface area (TPSA) is 84.7 Å². The third-order valence-corrected chi connectivity index (χ3v) is 5.31. The molecule has 1 aromatic carbocycles. The summed E-state index contributed by atoms with van der Waals surface area (Å²) in [6, 6.07) is 7.30. The van der Waals surface area contributed by atoms with Gasteiger partial charge in [-0.3, -0.25) is 4.40 Å². The molecule has 1 saturated heterocycles. The molecule has 0 saturated carbocycles. The summed E-state index contributed by atoms with van der Waals surface area (Å²) in [7, 11) is 0. The van der Waals surface area contributed by atoms with Crippen molar-refractivity contribution in [1.29, 1.82) is 0 Å². The minimum atomic E-state index is -3.06. The van der Waals surface area contributed by atoms with Crippen LogP contribution in [0.1, 0.15) is 17.5 Å². The second kappa shape index (κ2) is 8.66. The van der Waals surface area contributed by atoms with Crippen molar-refractivity contribution < 1.29 is 18.3 Å². The Balaban J connectivity index is 1.31. The Kier molecular flexibility index (Phi) is 5.79. The zero-order valence-corrected chi connectivity index (χ0v) is 16.7. The molecule has 4 rings (SSSR count). The largest absolute Gasteiger partial charge is 0.445 e. The minimum absolute atomic E-state index is 0.00503. The van der Waals surface area contributed by atoms with Gasteiger partial charge in [-0.25, -0.2) is 18.6 Å². The first-order valence-electron chi connectivity index (χ1n) is 9.85. The summed E-state index contributed by atoms with van der Waals surface area (Å²) in [4.78, 5) is 17.5. The maximum Gasteiger partial charge on any atom is 0.410 e. The molecular weight excluding hydrogens is 406 g/mol. The first-order valence-corrected chi connectivity index (χ1v) is 9.85. The SMILES string of the molecule is C=Cc1ccc(COC(=O)N2CC[C@H](CNc3nccn4cnnc34)C(F)(F)C2)cc1. The van der Waals surface area contributed by atoms with Crippen molar-refractivity contribution >= 4 is 23.6 Å². The van der Waals surface area contributed by atoms with Crippen LogP contribution in [0.25, 0.3) is 11.7 Å². The summed E-state index contributed by atoms with van der Waals surface area (Å²) < 4.78 is 36.3. The molecule has 1 aliphatic heterocycles. The fraction of sp³-hybridized carbons (Fsp3) is 0.333. The van der Waals surface area contributed by atoms with E-state index in [1.165, 1.54) is 6.33 Å². The molecule has 2 aromatic heterocycles. The maximum absolute atomic E-state index is 14.7. The van der Waals surface area contributed by atoms with Gasteiger partial charge in [0.15, 0.2) is 5.82 Å². The Morgan fingerprint density at radius 1 is 1.35 bits per heavy atom. The zero-order chi connectivity index (χ0) is 21.8. The molecule has 0 aliphatic carbocycles. The number of rotatable bonds is 6. The number of piperidine rings is 1. The Morgan fingerprint density at radius 2 is 2.16 bits per heavy atom. The van der Waals surface area contributed by atoms with Gasteiger partial charge in [-0.2, -0.15) is 0 Å². The van der Waals surface area contributed by atoms with Crippen LogP contribution in [0.2, 0.25) is 0 Å². The average Bonchev–Trinajstić information content (AvgIpc) is 3.26. The number of fused-ring (bicyclic) bond motifs is 1. The van der Waals surface area contributed by atoms with Crippen LogP contribution in [-0.2, 0) is 11.3 Å². The van der Waals surface area contributed by atoms with Gasteiger partial charge in [0.05, 0.1) is 6.54 Å². The predicted molar refractivity (Wildman–Crippen MR) is 111 cm³/mol. The van der Waals surface area contributed by atoms with Crippen LogP contribution in [0.5, 0.6) is 0 Å². The number of carbonyl (C=O) groups is 1. The van der Waals surface area contributed by atoms with Gasteiger partial charge in [-0.1, -0.05) is 36.9 Å². The molecule has 31 heavy (non-hydrogen) atoms. The Morgan fingerprint density at radius 3 is 2.90 bits per heavy atom.